The van der Waals surface area contributed by atoms with Gasteiger partial charge in [0.2, 0.25) is 0 Å². The van der Waals surface area contributed by atoms with Crippen molar-refractivity contribution in [1.29, 1.82) is 0 Å². The minimum absolute atomic E-state index is 0.0175. The lowest BCUT2D eigenvalue weighted by Crippen LogP contribution is -2.33. The molecule has 2 aromatic rings. The van der Waals surface area contributed by atoms with Gasteiger partial charge in [-0.2, -0.15) is 0 Å². The smallest absolute Gasteiger partial charge is 0.273 e. The van der Waals surface area contributed by atoms with Crippen molar-refractivity contribution < 1.29 is 4.92 Å². The molecule has 0 atom stereocenters. The first kappa shape index (κ1) is 11.5. The topological polar surface area (TPSA) is 90.2 Å². The number of hydrogen-bond donors (Lipinski definition) is 1. The summed E-state index contributed by atoms with van der Waals surface area (Å²) in [4.78, 5) is 16.8. The number of hydrogen-bond acceptors (Lipinski definition) is 5. The van der Waals surface area contributed by atoms with Crippen LogP contribution < -0.4 is 10.6 Å². The first-order valence-corrected chi connectivity index (χ1v) is 5.93. The molecular formula is C12H13N5O2. The van der Waals surface area contributed by atoms with Crippen molar-refractivity contribution >= 4 is 17.1 Å². The highest BCUT2D eigenvalue weighted by Gasteiger charge is 2.19. The summed E-state index contributed by atoms with van der Waals surface area (Å²) < 4.78 is 2.08. The van der Waals surface area contributed by atoms with Gasteiger partial charge in [-0.3, -0.25) is 10.1 Å². The summed E-state index contributed by atoms with van der Waals surface area (Å²) in [6.45, 7) is 2.23. The van der Waals surface area contributed by atoms with Crippen molar-refractivity contribution in [2.24, 2.45) is 0 Å². The third-order valence-corrected chi connectivity index (χ3v) is 3.25. The number of nitrogens with two attached hydrogens (primary N) is 1. The summed E-state index contributed by atoms with van der Waals surface area (Å²) in [7, 11) is 0. The predicted octanol–water partition coefficient (Wildman–Crippen LogP) is 1.39. The van der Waals surface area contributed by atoms with Gasteiger partial charge < -0.3 is 15.2 Å². The number of anilines is 2. The second-order valence-corrected chi connectivity index (χ2v) is 4.50. The summed E-state index contributed by atoms with van der Waals surface area (Å²) in [5, 5.41) is 10.9. The van der Waals surface area contributed by atoms with Crippen LogP contribution in [0, 0.1) is 10.1 Å². The van der Waals surface area contributed by atoms with Crippen LogP contribution in [0.3, 0.4) is 0 Å². The van der Waals surface area contributed by atoms with Crippen LogP contribution in [0.4, 0.5) is 17.1 Å². The fourth-order valence-corrected chi connectivity index (χ4v) is 2.30. The van der Waals surface area contributed by atoms with Gasteiger partial charge in [0.15, 0.2) is 0 Å². The minimum Gasteiger partial charge on any atom is -0.398 e. The molecule has 0 bridgehead atoms. The van der Waals surface area contributed by atoms with Gasteiger partial charge in [-0.15, -0.1) is 0 Å². The number of imidazole rings is 1. The fraction of sp³-hybridized carbons (Fsp3) is 0.250. The van der Waals surface area contributed by atoms with Crippen LogP contribution in [-0.2, 0) is 13.1 Å². The van der Waals surface area contributed by atoms with Gasteiger partial charge in [0.1, 0.15) is 5.82 Å². The lowest BCUT2D eigenvalue weighted by Gasteiger charge is -2.29. The van der Waals surface area contributed by atoms with E-state index in [1.54, 1.807) is 18.3 Å². The molecule has 7 nitrogen and oxygen atoms in total. The Morgan fingerprint density at radius 2 is 2.16 bits per heavy atom. The Labute approximate surface area is 109 Å². The lowest BCUT2D eigenvalue weighted by atomic mass is 10.2. The van der Waals surface area contributed by atoms with Gasteiger partial charge in [-0.25, -0.2) is 4.98 Å². The van der Waals surface area contributed by atoms with Gasteiger partial charge in [-0.05, 0) is 6.07 Å². The van der Waals surface area contributed by atoms with E-state index < -0.39 is 4.92 Å². The van der Waals surface area contributed by atoms with Crippen LogP contribution in [0.2, 0.25) is 0 Å². The minimum atomic E-state index is -0.426. The van der Waals surface area contributed by atoms with Gasteiger partial charge in [-0.1, -0.05) is 0 Å². The molecule has 1 aromatic heterocycles. The number of nitrogen functional groups attached to an aromatic ring is 1. The Morgan fingerprint density at radius 1 is 1.32 bits per heavy atom. The van der Waals surface area contributed by atoms with Crippen molar-refractivity contribution in [1.82, 2.24) is 9.55 Å². The first-order valence-electron chi connectivity index (χ1n) is 5.93. The number of nitro benzene ring substituents is 1. The summed E-state index contributed by atoms with van der Waals surface area (Å²) in [6.07, 6.45) is 3.70. The highest BCUT2D eigenvalue weighted by atomic mass is 16.6. The quantitative estimate of drug-likeness (QED) is 0.500. The van der Waals surface area contributed by atoms with Crippen molar-refractivity contribution in [2.45, 2.75) is 13.1 Å². The highest BCUT2D eigenvalue weighted by Crippen LogP contribution is 2.27. The van der Waals surface area contributed by atoms with Crippen LogP contribution in [0.25, 0.3) is 0 Å². The largest absolute Gasteiger partial charge is 0.398 e. The van der Waals surface area contributed by atoms with Crippen LogP contribution in [-0.4, -0.2) is 21.0 Å². The number of non-ortho nitro benzene ring substituents is 1. The second-order valence-electron chi connectivity index (χ2n) is 4.50. The van der Waals surface area contributed by atoms with Gasteiger partial charge in [0, 0.05) is 49.0 Å². The molecule has 0 aliphatic carbocycles. The number of aromatic nitrogens is 2. The molecule has 7 heteroatoms. The van der Waals surface area contributed by atoms with Crippen LogP contribution >= 0.6 is 0 Å². The number of benzene rings is 1. The number of nitro groups is 1. The summed E-state index contributed by atoms with van der Waals surface area (Å²) in [6, 6.07) is 4.68. The summed E-state index contributed by atoms with van der Waals surface area (Å²) in [5.74, 6) is 0.955. The van der Waals surface area contributed by atoms with Crippen molar-refractivity contribution in [3.8, 4) is 0 Å². The van der Waals surface area contributed by atoms with E-state index in [2.05, 4.69) is 9.55 Å². The van der Waals surface area contributed by atoms with Crippen LogP contribution in [0.1, 0.15) is 5.82 Å². The van der Waals surface area contributed by atoms with E-state index in [1.165, 1.54) is 6.07 Å². The molecule has 1 aliphatic rings. The molecule has 0 saturated carbocycles. The molecule has 1 aromatic carbocycles. The Bertz CT molecular complexity index is 637. The second kappa shape index (κ2) is 4.27. The average molecular weight is 259 g/mol. The van der Waals surface area contributed by atoms with E-state index in [0.717, 1.165) is 24.6 Å². The molecule has 0 unspecified atom stereocenters. The van der Waals surface area contributed by atoms with E-state index in [4.69, 9.17) is 5.73 Å². The molecule has 98 valence electrons. The third-order valence-electron chi connectivity index (χ3n) is 3.25. The Hall–Kier alpha value is -2.57. The van der Waals surface area contributed by atoms with E-state index in [-0.39, 0.29) is 5.69 Å². The molecule has 3 rings (SSSR count). The predicted molar refractivity (Wildman–Crippen MR) is 70.8 cm³/mol. The molecule has 2 heterocycles. The molecule has 0 saturated heterocycles. The zero-order valence-electron chi connectivity index (χ0n) is 10.2. The molecule has 0 amide bonds. The molecule has 1 aliphatic heterocycles. The van der Waals surface area contributed by atoms with Crippen LogP contribution in [0.15, 0.2) is 30.6 Å². The number of fused-ring (bicyclic) bond motifs is 1. The van der Waals surface area contributed by atoms with E-state index in [9.17, 15) is 10.1 Å². The van der Waals surface area contributed by atoms with Crippen LogP contribution in [0.5, 0.6) is 0 Å². The maximum absolute atomic E-state index is 10.9. The van der Waals surface area contributed by atoms with Crippen molar-refractivity contribution in [3.63, 3.8) is 0 Å². The van der Waals surface area contributed by atoms with Gasteiger partial charge in [0.05, 0.1) is 11.5 Å². The van der Waals surface area contributed by atoms with E-state index >= 15 is 0 Å². The SMILES string of the molecule is Nc1cc(N2CCn3ccnc3C2)cc([N+](=O)[O-])c1. The molecule has 0 spiro atoms. The normalized spacial score (nSPS) is 14.2. The molecule has 19 heavy (non-hydrogen) atoms. The molecule has 0 radical (unpaired) electrons. The van der Waals surface area contributed by atoms with E-state index in [0.29, 0.717) is 12.2 Å². The van der Waals surface area contributed by atoms with Crippen molar-refractivity contribution in [2.75, 3.05) is 17.2 Å². The Balaban J connectivity index is 1.93. The maximum atomic E-state index is 10.9. The van der Waals surface area contributed by atoms with Crippen molar-refractivity contribution in [3.05, 3.63) is 46.5 Å². The lowest BCUT2D eigenvalue weighted by molar-refractivity contribution is -0.384. The number of rotatable bonds is 2. The molecule has 2 N–H and O–H groups in total. The Morgan fingerprint density at radius 3 is 2.95 bits per heavy atom. The summed E-state index contributed by atoms with van der Waals surface area (Å²) in [5.41, 5.74) is 6.91. The zero-order chi connectivity index (χ0) is 13.4. The fourth-order valence-electron chi connectivity index (χ4n) is 2.30. The standard InChI is InChI=1S/C12H13N5O2/c13-9-5-10(7-11(6-9)17(18)19)16-4-3-15-2-1-14-12(15)8-16/h1-2,5-7H,3-4,8,13H2. The monoisotopic (exact) mass is 259 g/mol. The number of nitrogens with zero attached hydrogens (tertiary/aromatic N) is 4. The van der Waals surface area contributed by atoms with Gasteiger partial charge >= 0.3 is 0 Å². The molecular weight excluding hydrogens is 246 g/mol. The average Bonchev–Trinajstić information content (AvgIpc) is 2.85. The highest BCUT2D eigenvalue weighted by molar-refractivity contribution is 5.62. The van der Waals surface area contributed by atoms with Gasteiger partial charge in [0.25, 0.3) is 5.69 Å². The molecule has 0 fully saturated rings. The Kier molecular flexibility index (Phi) is 2.59. The van der Waals surface area contributed by atoms with E-state index in [1.807, 2.05) is 11.1 Å². The summed E-state index contributed by atoms with van der Waals surface area (Å²) >= 11 is 0. The first-order chi connectivity index (χ1) is 9.13. The zero-order valence-corrected chi connectivity index (χ0v) is 10.2. The maximum Gasteiger partial charge on any atom is 0.273 e. The third kappa shape index (κ3) is 2.10.